The van der Waals surface area contributed by atoms with Crippen LogP contribution in [-0.4, -0.2) is 35.6 Å². The molecule has 1 aliphatic rings. The van der Waals surface area contributed by atoms with Crippen molar-refractivity contribution in [1.29, 1.82) is 0 Å². The summed E-state index contributed by atoms with van der Waals surface area (Å²) in [5.41, 5.74) is 2.16. The third-order valence-corrected chi connectivity index (χ3v) is 4.78. The summed E-state index contributed by atoms with van der Waals surface area (Å²) in [6.45, 7) is 1.15. The van der Waals surface area contributed by atoms with E-state index < -0.39 is 0 Å². The Labute approximate surface area is 136 Å². The molecule has 23 heavy (non-hydrogen) atoms. The first-order valence-electron chi connectivity index (χ1n) is 8.08. The molecule has 0 unspecified atom stereocenters. The Morgan fingerprint density at radius 1 is 1.17 bits per heavy atom. The summed E-state index contributed by atoms with van der Waals surface area (Å²) < 4.78 is 5.29. The second kappa shape index (κ2) is 5.70. The van der Waals surface area contributed by atoms with Gasteiger partial charge in [0.25, 0.3) is 0 Å². The number of hydrogen-bond donors (Lipinski definition) is 1. The van der Waals surface area contributed by atoms with Crippen LogP contribution in [0.2, 0.25) is 0 Å². The number of rotatable bonds is 3. The van der Waals surface area contributed by atoms with E-state index in [1.54, 1.807) is 7.11 Å². The third-order valence-electron chi connectivity index (χ3n) is 4.78. The fraction of sp³-hybridized carbons (Fsp3) is 0.316. The third kappa shape index (κ3) is 2.59. The lowest BCUT2D eigenvalue weighted by molar-refractivity contribution is 0.307. The molecule has 1 aromatic heterocycles. The van der Waals surface area contributed by atoms with Gasteiger partial charge in [0.2, 0.25) is 0 Å². The molecule has 1 N–H and O–H groups in total. The predicted molar refractivity (Wildman–Crippen MR) is 92.7 cm³/mol. The van der Waals surface area contributed by atoms with Crippen molar-refractivity contribution in [2.45, 2.75) is 18.9 Å². The van der Waals surface area contributed by atoms with E-state index in [1.165, 1.54) is 23.6 Å². The van der Waals surface area contributed by atoms with Crippen molar-refractivity contribution >= 4 is 10.8 Å². The van der Waals surface area contributed by atoms with Crippen molar-refractivity contribution in [3.05, 3.63) is 48.4 Å². The highest BCUT2D eigenvalue weighted by Gasteiger charge is 2.25. The quantitative estimate of drug-likeness (QED) is 0.795. The molecule has 3 aromatic rings. The van der Waals surface area contributed by atoms with Crippen LogP contribution in [0.5, 0.6) is 5.75 Å². The van der Waals surface area contributed by atoms with Crippen LogP contribution in [0.25, 0.3) is 22.0 Å². The van der Waals surface area contributed by atoms with Gasteiger partial charge >= 0.3 is 0 Å². The summed E-state index contributed by atoms with van der Waals surface area (Å²) in [6.07, 6.45) is 4.45. The van der Waals surface area contributed by atoms with Gasteiger partial charge in [-0.3, -0.25) is 4.90 Å². The minimum Gasteiger partial charge on any atom is -0.497 e. The number of benzene rings is 2. The first-order chi connectivity index (χ1) is 11.2. The number of nitrogens with one attached hydrogen (secondary N) is 1. The maximum absolute atomic E-state index is 5.29. The Kier molecular flexibility index (Phi) is 3.54. The number of hydrogen-bond acceptors (Lipinski definition) is 3. The molecule has 0 radical (unpaired) electrons. The Hall–Kier alpha value is -2.33. The molecule has 0 spiro atoms. The molecule has 2 aromatic carbocycles. The van der Waals surface area contributed by atoms with Gasteiger partial charge in [-0.15, -0.1) is 0 Å². The van der Waals surface area contributed by atoms with E-state index in [0.717, 1.165) is 29.4 Å². The number of aromatic nitrogens is 2. The lowest BCUT2D eigenvalue weighted by atomic mass is 10.1. The molecule has 4 heteroatoms. The molecule has 4 nitrogen and oxygen atoms in total. The van der Waals surface area contributed by atoms with E-state index in [0.29, 0.717) is 6.04 Å². The van der Waals surface area contributed by atoms with Gasteiger partial charge in [-0.2, -0.15) is 0 Å². The van der Waals surface area contributed by atoms with Gasteiger partial charge in [0, 0.05) is 11.8 Å². The number of ether oxygens (including phenoxy) is 1. The first kappa shape index (κ1) is 14.3. The van der Waals surface area contributed by atoms with Crippen molar-refractivity contribution in [3.63, 3.8) is 0 Å². The van der Waals surface area contributed by atoms with Gasteiger partial charge in [0.1, 0.15) is 11.6 Å². The smallest absolute Gasteiger partial charge is 0.124 e. The second-order valence-corrected chi connectivity index (χ2v) is 6.24. The number of nitrogens with zero attached hydrogens (tertiary/aromatic N) is 2. The average Bonchev–Trinajstić information content (AvgIpc) is 3.22. The maximum Gasteiger partial charge on any atom is 0.124 e. The zero-order valence-corrected chi connectivity index (χ0v) is 13.5. The Bertz CT molecular complexity index is 840. The van der Waals surface area contributed by atoms with Crippen molar-refractivity contribution in [2.24, 2.45) is 0 Å². The molecular formula is C19H21N3O. The number of aromatic amines is 1. The Balaban J connectivity index is 1.67. The second-order valence-electron chi connectivity index (χ2n) is 6.24. The van der Waals surface area contributed by atoms with Crippen LogP contribution < -0.4 is 4.74 Å². The lowest BCUT2D eigenvalue weighted by Gasteiger charge is -2.16. The van der Waals surface area contributed by atoms with Crippen molar-refractivity contribution in [1.82, 2.24) is 14.9 Å². The number of imidazole rings is 1. The summed E-state index contributed by atoms with van der Waals surface area (Å²) in [4.78, 5) is 10.6. The van der Waals surface area contributed by atoms with E-state index in [1.807, 2.05) is 12.3 Å². The summed E-state index contributed by atoms with van der Waals surface area (Å²) in [7, 11) is 3.87. The lowest BCUT2D eigenvalue weighted by Crippen LogP contribution is -2.18. The molecule has 4 rings (SSSR count). The summed E-state index contributed by atoms with van der Waals surface area (Å²) in [6, 6.07) is 13.0. The molecule has 0 saturated carbocycles. The number of likely N-dealkylation sites (tertiary alicyclic amines) is 1. The van der Waals surface area contributed by atoms with Crippen LogP contribution in [0.4, 0.5) is 0 Å². The predicted octanol–water partition coefficient (Wildman–Crippen LogP) is 4.01. The normalized spacial score (nSPS) is 18.6. The minimum absolute atomic E-state index is 0.425. The Morgan fingerprint density at radius 3 is 2.78 bits per heavy atom. The fourth-order valence-corrected chi connectivity index (χ4v) is 3.42. The highest BCUT2D eigenvalue weighted by atomic mass is 16.5. The van der Waals surface area contributed by atoms with Gasteiger partial charge in [-0.25, -0.2) is 4.98 Å². The minimum atomic E-state index is 0.425. The highest BCUT2D eigenvalue weighted by Crippen LogP contribution is 2.31. The van der Waals surface area contributed by atoms with Gasteiger partial charge in [-0.1, -0.05) is 18.2 Å². The van der Waals surface area contributed by atoms with Crippen LogP contribution in [0.1, 0.15) is 24.7 Å². The topological polar surface area (TPSA) is 41.1 Å². The van der Waals surface area contributed by atoms with E-state index >= 15 is 0 Å². The Morgan fingerprint density at radius 2 is 2.00 bits per heavy atom. The SMILES string of the molecule is COc1ccc2cc(-c3c[nH]c([C@@H]4CCCN4C)n3)ccc2c1. The molecule has 1 fully saturated rings. The number of methoxy groups -OCH3 is 1. The number of fused-ring (bicyclic) bond motifs is 1. The largest absolute Gasteiger partial charge is 0.497 e. The summed E-state index contributed by atoms with van der Waals surface area (Å²) in [5.74, 6) is 1.96. The summed E-state index contributed by atoms with van der Waals surface area (Å²) in [5, 5.41) is 2.38. The zero-order valence-electron chi connectivity index (χ0n) is 13.5. The first-order valence-corrected chi connectivity index (χ1v) is 8.08. The van der Waals surface area contributed by atoms with Gasteiger partial charge in [0.05, 0.1) is 18.8 Å². The van der Waals surface area contributed by atoms with Gasteiger partial charge in [-0.05, 0) is 55.4 Å². The van der Waals surface area contributed by atoms with E-state index in [-0.39, 0.29) is 0 Å². The molecule has 0 amide bonds. The average molecular weight is 307 g/mol. The van der Waals surface area contributed by atoms with Crippen molar-refractivity contribution < 1.29 is 4.74 Å². The molecule has 1 saturated heterocycles. The van der Waals surface area contributed by atoms with Crippen molar-refractivity contribution in [3.8, 4) is 17.0 Å². The van der Waals surface area contributed by atoms with Crippen LogP contribution in [-0.2, 0) is 0 Å². The standard InChI is InChI=1S/C19H21N3O/c1-22-9-3-4-18(22)19-20-12-17(21-19)15-6-5-14-11-16(23-2)8-7-13(14)10-15/h5-8,10-12,18H,3-4,9H2,1-2H3,(H,20,21)/t18-/m0/s1. The maximum atomic E-state index is 5.29. The molecule has 118 valence electrons. The molecule has 2 heterocycles. The molecular weight excluding hydrogens is 286 g/mol. The molecule has 1 aliphatic heterocycles. The monoisotopic (exact) mass is 307 g/mol. The fourth-order valence-electron chi connectivity index (χ4n) is 3.42. The van der Waals surface area contributed by atoms with E-state index in [4.69, 9.17) is 9.72 Å². The van der Waals surface area contributed by atoms with Gasteiger partial charge < -0.3 is 9.72 Å². The molecule has 0 aliphatic carbocycles. The molecule has 1 atom stereocenters. The molecule has 0 bridgehead atoms. The summed E-state index contributed by atoms with van der Waals surface area (Å²) >= 11 is 0. The van der Waals surface area contributed by atoms with Crippen LogP contribution in [0, 0.1) is 0 Å². The van der Waals surface area contributed by atoms with Gasteiger partial charge in [0.15, 0.2) is 0 Å². The van der Waals surface area contributed by atoms with Crippen LogP contribution in [0.15, 0.2) is 42.6 Å². The van der Waals surface area contributed by atoms with Crippen molar-refractivity contribution in [2.75, 3.05) is 20.7 Å². The zero-order chi connectivity index (χ0) is 15.8. The number of H-pyrrole nitrogens is 1. The van der Waals surface area contributed by atoms with E-state index in [9.17, 15) is 0 Å². The van der Waals surface area contributed by atoms with E-state index in [2.05, 4.69) is 47.3 Å². The highest BCUT2D eigenvalue weighted by molar-refractivity contribution is 5.87. The van der Waals surface area contributed by atoms with Crippen LogP contribution >= 0.6 is 0 Å². The van der Waals surface area contributed by atoms with Crippen LogP contribution in [0.3, 0.4) is 0 Å².